The molecule has 0 bridgehead atoms. The zero-order valence-electron chi connectivity index (χ0n) is 20.9. The Morgan fingerprint density at radius 2 is 1.78 bits per heavy atom. The Kier molecular flexibility index (Phi) is 8.25. The lowest BCUT2D eigenvalue weighted by Crippen LogP contribution is -2.63. The second-order valence-electron chi connectivity index (χ2n) is 10.4. The van der Waals surface area contributed by atoms with Gasteiger partial charge in [0, 0.05) is 23.2 Å². The quantitative estimate of drug-likeness (QED) is 0.206. The molecule has 2 unspecified atom stereocenters. The Bertz CT molecular complexity index is 1130. The number of nitrogens with two attached hydrogens (primary N) is 1. The van der Waals surface area contributed by atoms with Crippen LogP contribution in [-0.4, -0.2) is 56.9 Å². The van der Waals surface area contributed by atoms with Gasteiger partial charge in [0.15, 0.2) is 17.3 Å². The van der Waals surface area contributed by atoms with Gasteiger partial charge < -0.3 is 20.8 Å². The van der Waals surface area contributed by atoms with Crippen molar-refractivity contribution in [3.05, 3.63) is 65.2 Å². The molecule has 36 heavy (non-hydrogen) atoms. The monoisotopic (exact) mass is 515 g/mol. The fraction of sp³-hybridized carbons (Fsp3) is 0.444. The lowest BCUT2D eigenvalue weighted by molar-refractivity contribution is -0.147. The summed E-state index contributed by atoms with van der Waals surface area (Å²) >= 11 is 6.45. The van der Waals surface area contributed by atoms with Gasteiger partial charge >= 0.3 is 0 Å². The number of carbonyl (C=O) groups excluding carboxylic acids is 3. The van der Waals surface area contributed by atoms with Gasteiger partial charge in [-0.15, -0.1) is 11.6 Å². The van der Waals surface area contributed by atoms with E-state index in [0.717, 1.165) is 0 Å². The third-order valence-electron chi connectivity index (χ3n) is 6.46. The fourth-order valence-corrected chi connectivity index (χ4v) is 4.88. The zero-order valence-corrected chi connectivity index (χ0v) is 21.7. The molecule has 1 saturated heterocycles. The zero-order chi connectivity index (χ0) is 26.8. The number of phenols is 1. The van der Waals surface area contributed by atoms with E-state index in [1.54, 1.807) is 58.0 Å². The second kappa shape index (κ2) is 10.7. The minimum Gasteiger partial charge on any atom is -0.508 e. The van der Waals surface area contributed by atoms with E-state index < -0.39 is 52.0 Å². The van der Waals surface area contributed by atoms with E-state index >= 15 is 0 Å². The summed E-state index contributed by atoms with van der Waals surface area (Å²) in [6.45, 7) is 7.14. The first-order valence-corrected chi connectivity index (χ1v) is 12.3. The summed E-state index contributed by atoms with van der Waals surface area (Å²) in [6.07, 6.45) is -0.0422. The number of Topliss-reactive ketones (excluding diaryl/α,β-unsaturated/α-hetero) is 2. The molecular formula is C27H34ClN3O5. The number of benzene rings is 2. The van der Waals surface area contributed by atoms with Crippen LogP contribution >= 0.6 is 11.6 Å². The average Bonchev–Trinajstić information content (AvgIpc) is 3.19. The molecule has 6 N–H and O–H groups in total. The maximum Gasteiger partial charge on any atom is 0.238 e. The van der Waals surface area contributed by atoms with Crippen LogP contribution in [0.1, 0.15) is 42.3 Å². The van der Waals surface area contributed by atoms with Gasteiger partial charge in [0.25, 0.3) is 0 Å². The van der Waals surface area contributed by atoms with Gasteiger partial charge in [-0.25, -0.2) is 0 Å². The predicted molar refractivity (Wildman–Crippen MR) is 138 cm³/mol. The first-order chi connectivity index (χ1) is 16.7. The summed E-state index contributed by atoms with van der Waals surface area (Å²) < 4.78 is 0. The number of aliphatic hydroxyl groups is 1. The average molecular weight is 516 g/mol. The first kappa shape index (κ1) is 27.8. The standard InChI is InChI=1S/C27H34ClN3O5/c1-15-17(11-8-12-20(15)32)23(33)18(13-16-9-6-5-7-10-16)27(29,36)24(34)21-19(28)14-30-22(21)25(35)31-26(2,3)4/h5-12,18-19,21-22,30,32,36H,13-14,29H2,1-4H3,(H,31,35)/t18?,19-,21+,22+,27?/m1/s1. The number of ketones is 2. The van der Waals surface area contributed by atoms with Crippen molar-refractivity contribution in [1.29, 1.82) is 0 Å². The Labute approximate surface area is 216 Å². The molecule has 0 aliphatic carbocycles. The van der Waals surface area contributed by atoms with Crippen LogP contribution in [0.5, 0.6) is 5.75 Å². The van der Waals surface area contributed by atoms with Crippen molar-refractivity contribution in [2.24, 2.45) is 17.6 Å². The Morgan fingerprint density at radius 3 is 2.39 bits per heavy atom. The van der Waals surface area contributed by atoms with Gasteiger partial charge in [0.2, 0.25) is 5.91 Å². The third kappa shape index (κ3) is 5.95. The van der Waals surface area contributed by atoms with Crippen molar-refractivity contribution in [3.8, 4) is 5.75 Å². The topological polar surface area (TPSA) is 142 Å². The predicted octanol–water partition coefficient (Wildman–Crippen LogP) is 2.07. The number of phenolic OH excluding ortho intramolecular Hbond substituents is 1. The van der Waals surface area contributed by atoms with Gasteiger partial charge in [-0.1, -0.05) is 42.5 Å². The van der Waals surface area contributed by atoms with E-state index in [9.17, 15) is 24.6 Å². The fourth-order valence-electron chi connectivity index (χ4n) is 4.54. The molecule has 9 heteroatoms. The molecule has 0 spiro atoms. The highest BCUT2D eigenvalue weighted by Gasteiger charge is 2.54. The van der Waals surface area contributed by atoms with Gasteiger partial charge in [0.05, 0.1) is 23.3 Å². The molecule has 0 radical (unpaired) electrons. The molecule has 1 aliphatic heterocycles. The molecular weight excluding hydrogens is 482 g/mol. The van der Waals surface area contributed by atoms with Crippen molar-refractivity contribution in [2.75, 3.05) is 6.54 Å². The van der Waals surface area contributed by atoms with E-state index in [0.29, 0.717) is 11.1 Å². The van der Waals surface area contributed by atoms with E-state index in [4.69, 9.17) is 17.3 Å². The Balaban J connectivity index is 2.01. The molecule has 0 aromatic heterocycles. The van der Waals surface area contributed by atoms with Crippen LogP contribution in [0, 0.1) is 18.8 Å². The molecule has 1 aliphatic rings. The SMILES string of the molecule is Cc1c(O)cccc1C(=O)C(Cc1ccccc1)C(N)(O)C(=O)[C@H]1[C@H](Cl)CN[C@@H]1C(=O)NC(C)(C)C. The van der Waals surface area contributed by atoms with Crippen LogP contribution in [0.4, 0.5) is 0 Å². The van der Waals surface area contributed by atoms with Crippen molar-refractivity contribution < 1.29 is 24.6 Å². The van der Waals surface area contributed by atoms with Crippen LogP contribution in [-0.2, 0) is 16.0 Å². The van der Waals surface area contributed by atoms with Crippen LogP contribution in [0.2, 0.25) is 0 Å². The second-order valence-corrected chi connectivity index (χ2v) is 11.0. The highest BCUT2D eigenvalue weighted by Crippen LogP contribution is 2.33. The van der Waals surface area contributed by atoms with Gasteiger partial charge in [-0.2, -0.15) is 0 Å². The molecule has 3 rings (SSSR count). The summed E-state index contributed by atoms with van der Waals surface area (Å²) in [7, 11) is 0. The van der Waals surface area contributed by atoms with Gasteiger partial charge in [0.1, 0.15) is 5.75 Å². The minimum absolute atomic E-state index is 0.0422. The molecule has 5 atom stereocenters. The van der Waals surface area contributed by atoms with Gasteiger partial charge in [-0.3, -0.25) is 20.1 Å². The number of carbonyl (C=O) groups is 3. The highest BCUT2D eigenvalue weighted by molar-refractivity contribution is 6.23. The number of alkyl halides is 1. The third-order valence-corrected chi connectivity index (χ3v) is 6.89. The molecule has 1 amide bonds. The largest absolute Gasteiger partial charge is 0.508 e. The van der Waals surface area contributed by atoms with Crippen molar-refractivity contribution in [3.63, 3.8) is 0 Å². The maximum absolute atomic E-state index is 13.8. The number of rotatable bonds is 8. The summed E-state index contributed by atoms with van der Waals surface area (Å²) in [6, 6.07) is 12.3. The van der Waals surface area contributed by atoms with E-state index in [2.05, 4.69) is 10.6 Å². The number of halogens is 1. The maximum atomic E-state index is 13.8. The van der Waals surface area contributed by atoms with E-state index in [1.807, 2.05) is 0 Å². The highest BCUT2D eigenvalue weighted by atomic mass is 35.5. The van der Waals surface area contributed by atoms with E-state index in [1.165, 1.54) is 18.2 Å². The Morgan fingerprint density at radius 1 is 1.14 bits per heavy atom. The lowest BCUT2D eigenvalue weighted by atomic mass is 9.76. The van der Waals surface area contributed by atoms with Crippen LogP contribution < -0.4 is 16.4 Å². The molecule has 2 aromatic rings. The summed E-state index contributed by atoms with van der Waals surface area (Å²) in [5.41, 5.74) is 4.24. The Hall–Kier alpha value is -2.78. The minimum atomic E-state index is -2.64. The van der Waals surface area contributed by atoms with Crippen LogP contribution in [0.25, 0.3) is 0 Å². The van der Waals surface area contributed by atoms with Crippen LogP contribution in [0.3, 0.4) is 0 Å². The molecule has 1 heterocycles. The molecule has 2 aromatic carbocycles. The summed E-state index contributed by atoms with van der Waals surface area (Å²) in [5, 5.41) is 26.6. The smallest absolute Gasteiger partial charge is 0.238 e. The summed E-state index contributed by atoms with van der Waals surface area (Å²) in [5.74, 6) is -4.60. The molecule has 0 saturated carbocycles. The molecule has 194 valence electrons. The number of hydrogen-bond donors (Lipinski definition) is 5. The molecule has 8 nitrogen and oxygen atoms in total. The van der Waals surface area contributed by atoms with Crippen LogP contribution in [0.15, 0.2) is 48.5 Å². The number of aromatic hydroxyl groups is 1. The number of hydrogen-bond acceptors (Lipinski definition) is 7. The number of amides is 1. The first-order valence-electron chi connectivity index (χ1n) is 11.9. The normalized spacial score (nSPS) is 22.5. The lowest BCUT2D eigenvalue weighted by Gasteiger charge is -2.35. The van der Waals surface area contributed by atoms with Crippen molar-refractivity contribution in [1.82, 2.24) is 10.6 Å². The van der Waals surface area contributed by atoms with Crippen molar-refractivity contribution >= 4 is 29.1 Å². The summed E-state index contributed by atoms with van der Waals surface area (Å²) in [4.78, 5) is 40.5. The van der Waals surface area contributed by atoms with Crippen molar-refractivity contribution in [2.45, 2.75) is 56.8 Å². The molecule has 1 fully saturated rings. The van der Waals surface area contributed by atoms with Gasteiger partial charge in [-0.05, 0) is 45.7 Å². The van der Waals surface area contributed by atoms with E-state index in [-0.39, 0.29) is 24.3 Å². The number of nitrogens with one attached hydrogen (secondary N) is 2.